The molecule has 5 heteroatoms. The van der Waals surface area contributed by atoms with E-state index in [1.807, 2.05) is 0 Å². The van der Waals surface area contributed by atoms with Crippen LogP contribution in [-0.4, -0.2) is 31.5 Å². The van der Waals surface area contributed by atoms with Gasteiger partial charge in [-0.25, -0.2) is 4.39 Å². The molecule has 0 spiro atoms. The zero-order valence-electron chi connectivity index (χ0n) is 7.58. The molecule has 0 amide bonds. The summed E-state index contributed by atoms with van der Waals surface area (Å²) >= 11 is 0. The average molecular weight is 197 g/mol. The Morgan fingerprint density at radius 1 is 1.38 bits per heavy atom. The first-order valence-corrected chi connectivity index (χ1v) is 4.33. The number of hydrogen-bond acceptors (Lipinski definition) is 2. The number of piperidine rings is 1. The first-order valence-electron chi connectivity index (χ1n) is 4.33. The lowest BCUT2D eigenvalue weighted by Gasteiger charge is -2.30. The highest BCUT2D eigenvalue weighted by Crippen LogP contribution is 2.26. The fraction of sp³-hybridized carbons (Fsp3) is 1.00. The second-order valence-corrected chi connectivity index (χ2v) is 3.50. The Balaban J connectivity index is 2.33. The van der Waals surface area contributed by atoms with Crippen molar-refractivity contribution in [2.24, 2.45) is 0 Å². The van der Waals surface area contributed by atoms with Crippen molar-refractivity contribution in [3.05, 3.63) is 0 Å². The number of alkyl halides is 3. The van der Waals surface area contributed by atoms with Gasteiger partial charge in [0, 0.05) is 6.92 Å². The summed E-state index contributed by atoms with van der Waals surface area (Å²) in [6, 6.07) is 0. The summed E-state index contributed by atoms with van der Waals surface area (Å²) in [5, 5.41) is 2.95. The van der Waals surface area contributed by atoms with Gasteiger partial charge in [-0.05, 0) is 25.9 Å². The topological polar surface area (TPSA) is 21.3 Å². The summed E-state index contributed by atoms with van der Waals surface area (Å²) in [7, 11) is 0. The summed E-state index contributed by atoms with van der Waals surface area (Å²) in [5.74, 6) is 0. The zero-order valence-corrected chi connectivity index (χ0v) is 7.58. The Morgan fingerprint density at radius 2 is 1.92 bits per heavy atom. The largest absolute Gasteiger partial charge is 0.353 e. The second-order valence-electron chi connectivity index (χ2n) is 3.50. The predicted octanol–water partition coefficient (Wildman–Crippen LogP) is 1.71. The molecule has 0 bridgehead atoms. The molecule has 1 heterocycles. The highest BCUT2D eigenvalue weighted by atomic mass is 19.3. The van der Waals surface area contributed by atoms with Crippen molar-refractivity contribution in [3.63, 3.8) is 0 Å². The average Bonchev–Trinajstić information content (AvgIpc) is 2.02. The molecule has 1 aliphatic rings. The van der Waals surface area contributed by atoms with Crippen LogP contribution < -0.4 is 5.32 Å². The van der Waals surface area contributed by atoms with Crippen LogP contribution in [0.3, 0.4) is 0 Å². The van der Waals surface area contributed by atoms with Crippen LogP contribution in [0.4, 0.5) is 13.2 Å². The van der Waals surface area contributed by atoms with Crippen LogP contribution >= 0.6 is 0 Å². The monoisotopic (exact) mass is 197 g/mol. The maximum absolute atomic E-state index is 13.6. The van der Waals surface area contributed by atoms with Crippen LogP contribution in [0, 0.1) is 0 Å². The fourth-order valence-corrected chi connectivity index (χ4v) is 1.28. The fourth-order valence-electron chi connectivity index (χ4n) is 1.28. The summed E-state index contributed by atoms with van der Waals surface area (Å²) in [5.41, 5.74) is -1.58. The molecule has 0 saturated carbocycles. The molecule has 78 valence electrons. The summed E-state index contributed by atoms with van der Waals surface area (Å²) in [6.07, 6.45) is -2.75. The minimum atomic E-state index is -3.23. The third kappa shape index (κ3) is 3.95. The van der Waals surface area contributed by atoms with Crippen molar-refractivity contribution in [3.8, 4) is 0 Å². The normalized spacial score (nSPS) is 23.1. The van der Waals surface area contributed by atoms with Gasteiger partial charge in [-0.2, -0.15) is 8.78 Å². The van der Waals surface area contributed by atoms with Crippen molar-refractivity contribution in [2.75, 3.05) is 19.7 Å². The molecule has 1 aliphatic heterocycles. The van der Waals surface area contributed by atoms with Crippen molar-refractivity contribution in [2.45, 2.75) is 31.5 Å². The van der Waals surface area contributed by atoms with Gasteiger partial charge in [-0.15, -0.1) is 0 Å². The van der Waals surface area contributed by atoms with Gasteiger partial charge >= 0.3 is 6.11 Å². The minimum absolute atomic E-state index is 0.239. The highest BCUT2D eigenvalue weighted by Gasteiger charge is 2.35. The molecule has 1 N–H and O–H groups in total. The van der Waals surface area contributed by atoms with E-state index in [1.165, 1.54) is 0 Å². The number of nitrogens with one attached hydrogen (secondary N) is 1. The molecular formula is C8H14F3NO. The predicted molar refractivity (Wildman–Crippen MR) is 42.5 cm³/mol. The van der Waals surface area contributed by atoms with E-state index in [0.717, 1.165) is 0 Å². The van der Waals surface area contributed by atoms with Crippen LogP contribution in [0.1, 0.15) is 19.8 Å². The van der Waals surface area contributed by atoms with Crippen molar-refractivity contribution < 1.29 is 17.9 Å². The number of hydrogen-bond donors (Lipinski definition) is 1. The van der Waals surface area contributed by atoms with Crippen molar-refractivity contribution >= 4 is 0 Å². The highest BCUT2D eigenvalue weighted by molar-refractivity contribution is 4.84. The molecular weight excluding hydrogens is 183 g/mol. The standard InChI is InChI=1S/C8H14F3NO/c1-7(9,10)13-6-8(11)2-4-12-5-3-8/h12H,2-6H2,1H3. The van der Waals surface area contributed by atoms with Gasteiger partial charge in [0.15, 0.2) is 0 Å². The first-order chi connectivity index (χ1) is 5.91. The lowest BCUT2D eigenvalue weighted by Crippen LogP contribution is -2.43. The van der Waals surface area contributed by atoms with E-state index in [4.69, 9.17) is 0 Å². The van der Waals surface area contributed by atoms with Crippen molar-refractivity contribution in [1.29, 1.82) is 0 Å². The number of ether oxygens (including phenoxy) is 1. The van der Waals surface area contributed by atoms with Crippen LogP contribution in [0.25, 0.3) is 0 Å². The molecule has 0 aliphatic carbocycles. The summed E-state index contributed by atoms with van der Waals surface area (Å²) < 4.78 is 42.2. The Hall–Kier alpha value is -0.290. The van der Waals surface area contributed by atoms with Crippen LogP contribution in [-0.2, 0) is 4.74 Å². The molecule has 0 radical (unpaired) electrons. The van der Waals surface area contributed by atoms with E-state index in [2.05, 4.69) is 10.1 Å². The Kier molecular flexibility index (Phi) is 3.18. The van der Waals surface area contributed by atoms with Gasteiger partial charge in [-0.1, -0.05) is 0 Å². The molecule has 1 fully saturated rings. The molecule has 0 aromatic heterocycles. The Morgan fingerprint density at radius 3 is 2.38 bits per heavy atom. The third-order valence-corrected chi connectivity index (χ3v) is 2.08. The van der Waals surface area contributed by atoms with Gasteiger partial charge < -0.3 is 10.1 Å². The first kappa shape index (κ1) is 10.8. The molecule has 2 nitrogen and oxygen atoms in total. The van der Waals surface area contributed by atoms with E-state index in [9.17, 15) is 13.2 Å². The second kappa shape index (κ2) is 3.84. The lowest BCUT2D eigenvalue weighted by atomic mass is 9.96. The van der Waals surface area contributed by atoms with Crippen LogP contribution in [0.15, 0.2) is 0 Å². The van der Waals surface area contributed by atoms with Crippen LogP contribution in [0.5, 0.6) is 0 Å². The molecule has 0 atom stereocenters. The van der Waals surface area contributed by atoms with Gasteiger partial charge in [0.2, 0.25) is 0 Å². The summed E-state index contributed by atoms with van der Waals surface area (Å²) in [6.45, 7) is 1.15. The van der Waals surface area contributed by atoms with E-state index in [1.54, 1.807) is 0 Å². The van der Waals surface area contributed by atoms with E-state index in [0.29, 0.717) is 20.0 Å². The Labute approximate surface area is 75.4 Å². The molecule has 1 rings (SSSR count). The Bertz CT molecular complexity index is 163. The van der Waals surface area contributed by atoms with Gasteiger partial charge in [-0.3, -0.25) is 0 Å². The number of rotatable bonds is 3. The molecule has 0 aromatic rings. The number of halogens is 3. The zero-order chi connectivity index (χ0) is 9.95. The lowest BCUT2D eigenvalue weighted by molar-refractivity contribution is -0.242. The van der Waals surface area contributed by atoms with Gasteiger partial charge in [0.05, 0.1) is 6.61 Å². The van der Waals surface area contributed by atoms with E-state index < -0.39 is 18.4 Å². The smallest absolute Gasteiger partial charge is 0.317 e. The molecule has 13 heavy (non-hydrogen) atoms. The maximum atomic E-state index is 13.6. The van der Waals surface area contributed by atoms with Crippen LogP contribution in [0.2, 0.25) is 0 Å². The summed E-state index contributed by atoms with van der Waals surface area (Å²) in [4.78, 5) is 0. The molecule has 0 aromatic carbocycles. The molecule has 1 saturated heterocycles. The van der Waals surface area contributed by atoms with Crippen molar-refractivity contribution in [1.82, 2.24) is 5.32 Å². The quantitative estimate of drug-likeness (QED) is 0.743. The van der Waals surface area contributed by atoms with Gasteiger partial charge in [0.1, 0.15) is 5.67 Å². The third-order valence-electron chi connectivity index (χ3n) is 2.08. The van der Waals surface area contributed by atoms with E-state index in [-0.39, 0.29) is 12.8 Å². The SMILES string of the molecule is CC(F)(F)OCC1(F)CCNCC1. The molecule has 0 unspecified atom stereocenters. The van der Waals surface area contributed by atoms with Gasteiger partial charge in [0.25, 0.3) is 0 Å². The maximum Gasteiger partial charge on any atom is 0.353 e. The van der Waals surface area contributed by atoms with E-state index >= 15 is 0 Å². The minimum Gasteiger partial charge on any atom is -0.317 e.